The second-order valence-electron chi connectivity index (χ2n) is 12.9. The molecule has 2 N–H and O–H groups in total. The maximum atomic E-state index is 13.9. The maximum Gasteiger partial charge on any atom is 0.272 e. The summed E-state index contributed by atoms with van der Waals surface area (Å²) in [6.45, 7) is 4.24. The molecular weight excluding hydrogens is 641 g/mol. The zero-order valence-corrected chi connectivity index (χ0v) is 28.8. The zero-order chi connectivity index (χ0) is 33.7. The SMILES string of the molecule is Cc1nc(-c2cccc(C(=O)N(C)C[C@@H]3C[C@H]4C(=O)NC(C(=O)NS(=O)(=O)C5CC5)[C@@H](C)/C=C\CCCCCCC(=O)N4C3)n2)cs1. The van der Waals surface area contributed by atoms with E-state index >= 15 is 0 Å². The van der Waals surface area contributed by atoms with Crippen molar-refractivity contribution >= 4 is 45.0 Å². The monoisotopic (exact) mass is 684 g/mol. The third-order valence-corrected chi connectivity index (χ3v) is 11.6. The average molecular weight is 685 g/mol. The highest BCUT2D eigenvalue weighted by atomic mass is 32.2. The van der Waals surface area contributed by atoms with Crippen LogP contribution in [0.25, 0.3) is 11.4 Å². The number of nitrogens with zero attached hydrogens (tertiary/aromatic N) is 4. The van der Waals surface area contributed by atoms with Crippen molar-refractivity contribution < 1.29 is 27.6 Å². The Bertz CT molecular complexity index is 1620. The van der Waals surface area contributed by atoms with Crippen molar-refractivity contribution in [2.24, 2.45) is 11.8 Å². The number of allylic oxidation sites excluding steroid dienone is 1. The Morgan fingerprint density at radius 3 is 2.60 bits per heavy atom. The molecule has 254 valence electrons. The first-order chi connectivity index (χ1) is 22.4. The summed E-state index contributed by atoms with van der Waals surface area (Å²) < 4.78 is 27.4. The molecule has 12 nitrogen and oxygen atoms in total. The van der Waals surface area contributed by atoms with Crippen LogP contribution in [0.4, 0.5) is 0 Å². The molecule has 14 heteroatoms. The summed E-state index contributed by atoms with van der Waals surface area (Å²) in [4.78, 5) is 66.2. The van der Waals surface area contributed by atoms with Gasteiger partial charge < -0.3 is 15.1 Å². The molecule has 2 aliphatic heterocycles. The number of hydrogen-bond donors (Lipinski definition) is 2. The summed E-state index contributed by atoms with van der Waals surface area (Å²) in [5.74, 6) is -2.41. The molecule has 0 spiro atoms. The van der Waals surface area contributed by atoms with Crippen LogP contribution < -0.4 is 10.0 Å². The highest BCUT2D eigenvalue weighted by Gasteiger charge is 2.43. The minimum atomic E-state index is -3.82. The van der Waals surface area contributed by atoms with E-state index in [0.29, 0.717) is 43.5 Å². The van der Waals surface area contributed by atoms with Gasteiger partial charge >= 0.3 is 0 Å². The Kier molecular flexibility index (Phi) is 11.1. The van der Waals surface area contributed by atoms with Crippen molar-refractivity contribution in [1.29, 1.82) is 0 Å². The molecular formula is C33H44N6O6S2. The Labute approximate surface area is 280 Å². The van der Waals surface area contributed by atoms with Crippen LogP contribution >= 0.6 is 11.3 Å². The predicted molar refractivity (Wildman–Crippen MR) is 179 cm³/mol. The lowest BCUT2D eigenvalue weighted by Crippen LogP contribution is -2.56. The number of pyridine rings is 1. The van der Waals surface area contributed by atoms with E-state index in [9.17, 15) is 27.6 Å². The second kappa shape index (κ2) is 15.1. The van der Waals surface area contributed by atoms with E-state index in [-0.39, 0.29) is 36.5 Å². The first-order valence-electron chi connectivity index (χ1n) is 16.4. The van der Waals surface area contributed by atoms with Gasteiger partial charge in [0.1, 0.15) is 17.8 Å². The predicted octanol–water partition coefficient (Wildman–Crippen LogP) is 3.44. The highest BCUT2D eigenvalue weighted by Crippen LogP contribution is 2.29. The Morgan fingerprint density at radius 1 is 1.11 bits per heavy atom. The first-order valence-corrected chi connectivity index (χ1v) is 18.8. The van der Waals surface area contributed by atoms with E-state index < -0.39 is 45.1 Å². The molecule has 0 radical (unpaired) electrons. The standard InChI is InChI=1S/C33H44N6O6S2/c1-21-11-8-6-4-5-7-9-14-29(40)39-19-23(17-28(39)31(41)36-30(21)32(42)37-47(44,45)24-15-16-24)18-38(3)33(43)26-13-10-12-25(35-26)27-20-46-22(2)34-27/h8,10-13,20-21,23-24,28,30H,4-7,9,14-19H2,1-3H3,(H,36,41)(H,37,42)/b11-8-/t21-,23-,28-,30?/m0/s1. The van der Waals surface area contributed by atoms with Gasteiger partial charge in [0.15, 0.2) is 0 Å². The van der Waals surface area contributed by atoms with Crippen LogP contribution in [0.2, 0.25) is 0 Å². The molecule has 2 aromatic heterocycles. The lowest BCUT2D eigenvalue weighted by Gasteiger charge is -2.28. The molecule has 4 heterocycles. The number of hydrogen-bond acceptors (Lipinski definition) is 9. The van der Waals surface area contributed by atoms with Gasteiger partial charge in [0.05, 0.1) is 21.6 Å². The minimum Gasteiger partial charge on any atom is -0.342 e. The van der Waals surface area contributed by atoms with E-state index in [4.69, 9.17) is 0 Å². The number of carbonyl (C=O) groups excluding carboxylic acids is 4. The molecule has 1 saturated carbocycles. The first kappa shape index (κ1) is 34.7. The smallest absolute Gasteiger partial charge is 0.272 e. The van der Waals surface area contributed by atoms with Gasteiger partial charge in [-0.05, 0) is 63.5 Å². The fourth-order valence-electron chi connectivity index (χ4n) is 6.23. The number of sulfonamides is 1. The van der Waals surface area contributed by atoms with Gasteiger partial charge in [-0.1, -0.05) is 38.0 Å². The van der Waals surface area contributed by atoms with Crippen molar-refractivity contribution in [3.8, 4) is 11.4 Å². The molecule has 4 amide bonds. The average Bonchev–Trinajstić information content (AvgIpc) is 3.70. The van der Waals surface area contributed by atoms with Gasteiger partial charge in [-0.3, -0.25) is 23.9 Å². The van der Waals surface area contributed by atoms with E-state index in [2.05, 4.69) is 20.0 Å². The second-order valence-corrected chi connectivity index (χ2v) is 16.0. The summed E-state index contributed by atoms with van der Waals surface area (Å²) in [7, 11) is -2.15. The van der Waals surface area contributed by atoms with Crippen LogP contribution in [0.1, 0.15) is 80.2 Å². The van der Waals surface area contributed by atoms with Crippen LogP contribution in [0, 0.1) is 18.8 Å². The molecule has 0 aromatic carbocycles. The number of thiazole rings is 1. The molecule has 2 fully saturated rings. The van der Waals surface area contributed by atoms with E-state index in [1.54, 1.807) is 35.9 Å². The Balaban J connectivity index is 1.32. The van der Waals surface area contributed by atoms with Gasteiger partial charge in [0.2, 0.25) is 21.8 Å². The van der Waals surface area contributed by atoms with Gasteiger partial charge in [0.25, 0.3) is 11.8 Å². The normalized spacial score (nSPS) is 25.2. The van der Waals surface area contributed by atoms with Gasteiger partial charge in [-0.15, -0.1) is 11.3 Å². The largest absolute Gasteiger partial charge is 0.342 e. The van der Waals surface area contributed by atoms with Crippen LogP contribution in [-0.2, 0) is 24.4 Å². The van der Waals surface area contributed by atoms with E-state index in [0.717, 1.165) is 30.7 Å². The van der Waals surface area contributed by atoms with Crippen LogP contribution in [0.3, 0.4) is 0 Å². The summed E-state index contributed by atoms with van der Waals surface area (Å²) in [5, 5.41) is 5.01. The van der Waals surface area contributed by atoms with Crippen molar-refractivity contribution in [2.75, 3.05) is 20.1 Å². The highest BCUT2D eigenvalue weighted by molar-refractivity contribution is 7.90. The van der Waals surface area contributed by atoms with Crippen LogP contribution in [-0.4, -0.2) is 89.3 Å². The van der Waals surface area contributed by atoms with Gasteiger partial charge in [-0.25, -0.2) is 18.4 Å². The third-order valence-electron chi connectivity index (χ3n) is 9.00. The molecule has 5 rings (SSSR count). The van der Waals surface area contributed by atoms with Crippen molar-refractivity contribution in [3.63, 3.8) is 0 Å². The Hall–Kier alpha value is -3.65. The number of aryl methyl sites for hydroxylation is 1. The molecule has 1 unspecified atom stereocenters. The number of carbonyl (C=O) groups is 4. The molecule has 3 aliphatic rings. The fourth-order valence-corrected chi connectivity index (χ4v) is 8.17. The van der Waals surface area contributed by atoms with Crippen molar-refractivity contribution in [1.82, 2.24) is 29.8 Å². The number of nitrogens with one attached hydrogen (secondary N) is 2. The quantitative estimate of drug-likeness (QED) is 0.420. The molecule has 4 atom stereocenters. The number of amides is 4. The number of rotatable bonds is 7. The Morgan fingerprint density at radius 2 is 1.87 bits per heavy atom. The lowest BCUT2D eigenvalue weighted by atomic mass is 9.98. The van der Waals surface area contributed by atoms with Crippen LogP contribution in [0.5, 0.6) is 0 Å². The zero-order valence-electron chi connectivity index (χ0n) is 27.2. The summed E-state index contributed by atoms with van der Waals surface area (Å²) in [6, 6.07) is 3.23. The van der Waals surface area contributed by atoms with Gasteiger partial charge in [-0.2, -0.15) is 0 Å². The topological polar surface area (TPSA) is 159 Å². The van der Waals surface area contributed by atoms with E-state index in [1.165, 1.54) is 11.3 Å². The van der Waals surface area contributed by atoms with Gasteiger partial charge in [0, 0.05) is 37.9 Å². The fraction of sp³-hybridized carbons (Fsp3) is 0.576. The van der Waals surface area contributed by atoms with E-state index in [1.807, 2.05) is 30.5 Å². The molecule has 2 aromatic rings. The number of aromatic nitrogens is 2. The molecule has 1 saturated heterocycles. The summed E-state index contributed by atoms with van der Waals surface area (Å²) >= 11 is 1.51. The maximum absolute atomic E-state index is 13.9. The van der Waals surface area contributed by atoms with Crippen LogP contribution in [0.15, 0.2) is 35.7 Å². The molecule has 47 heavy (non-hydrogen) atoms. The van der Waals surface area contributed by atoms with Crippen molar-refractivity contribution in [2.45, 2.75) is 89.0 Å². The molecule has 0 bridgehead atoms. The lowest BCUT2D eigenvalue weighted by molar-refractivity contribution is -0.139. The number of fused-ring (bicyclic) bond motifs is 1. The summed E-state index contributed by atoms with van der Waals surface area (Å²) in [6.07, 6.45) is 9.64. The molecule has 1 aliphatic carbocycles. The van der Waals surface area contributed by atoms with Crippen molar-refractivity contribution in [3.05, 3.63) is 46.4 Å². The minimum absolute atomic E-state index is 0.145. The third kappa shape index (κ3) is 8.83. The summed E-state index contributed by atoms with van der Waals surface area (Å²) in [5.41, 5.74) is 1.58.